The largest absolute Gasteiger partial charge is 0.481 e. The van der Waals surface area contributed by atoms with Crippen molar-refractivity contribution in [2.75, 3.05) is 0 Å². The first-order valence-corrected chi connectivity index (χ1v) is 6.70. The summed E-state index contributed by atoms with van der Waals surface area (Å²) in [7, 11) is 0. The minimum atomic E-state index is -0.936. The van der Waals surface area contributed by atoms with Gasteiger partial charge in [-0.05, 0) is 44.9 Å². The Kier molecular flexibility index (Phi) is 3.93. The van der Waals surface area contributed by atoms with Crippen LogP contribution in [0.25, 0.3) is 5.69 Å². The lowest BCUT2D eigenvalue weighted by Gasteiger charge is -2.17. The van der Waals surface area contributed by atoms with Crippen LogP contribution >= 0.6 is 0 Å². The first kappa shape index (κ1) is 15.0. The van der Waals surface area contributed by atoms with Crippen LogP contribution in [0.3, 0.4) is 0 Å². The molecule has 1 N–H and O–H groups in total. The smallest absolute Gasteiger partial charge is 0.352 e. The molecule has 5 heteroatoms. The molecule has 110 valence electrons. The van der Waals surface area contributed by atoms with Crippen LogP contribution in [0.5, 0.6) is 0 Å². The van der Waals surface area contributed by atoms with E-state index in [4.69, 9.17) is 5.11 Å². The first-order valence-electron chi connectivity index (χ1n) is 6.70. The molecule has 0 bridgehead atoms. The van der Waals surface area contributed by atoms with E-state index in [0.29, 0.717) is 17.0 Å². The predicted octanol–water partition coefficient (Wildman–Crippen LogP) is 2.09. The minimum absolute atomic E-state index is 0.143. The molecule has 0 saturated heterocycles. The fourth-order valence-corrected chi connectivity index (χ4v) is 2.47. The molecule has 2 rings (SSSR count). The second-order valence-corrected chi connectivity index (χ2v) is 5.17. The molecule has 0 saturated carbocycles. The van der Waals surface area contributed by atoms with Gasteiger partial charge in [-0.3, -0.25) is 9.36 Å². The number of benzene rings is 1. The molecule has 0 fully saturated rings. The van der Waals surface area contributed by atoms with Gasteiger partial charge in [0.1, 0.15) is 0 Å². The van der Waals surface area contributed by atoms with Crippen LogP contribution in [0.1, 0.15) is 28.1 Å². The Hall–Kier alpha value is -2.43. The van der Waals surface area contributed by atoms with E-state index in [1.807, 2.05) is 32.0 Å². The topological polar surface area (TPSA) is 72.2 Å². The first-order chi connectivity index (χ1) is 9.82. The van der Waals surface area contributed by atoms with Gasteiger partial charge >= 0.3 is 11.7 Å². The summed E-state index contributed by atoms with van der Waals surface area (Å²) in [5.41, 5.74) is 4.10. The van der Waals surface area contributed by atoms with Crippen molar-refractivity contribution in [2.24, 2.45) is 0 Å². The Morgan fingerprint density at radius 2 is 1.90 bits per heavy atom. The van der Waals surface area contributed by atoms with Crippen LogP contribution in [-0.2, 0) is 11.2 Å². The van der Waals surface area contributed by atoms with Crippen LogP contribution in [0.4, 0.5) is 0 Å². The number of carboxylic acids is 1. The van der Waals surface area contributed by atoms with Crippen molar-refractivity contribution >= 4 is 5.97 Å². The molecule has 0 aliphatic carbocycles. The maximum Gasteiger partial charge on any atom is 0.352 e. The number of aliphatic carboxylic acids is 1. The Balaban J connectivity index is 2.78. The summed E-state index contributed by atoms with van der Waals surface area (Å²) in [6.45, 7) is 7.34. The monoisotopic (exact) mass is 286 g/mol. The van der Waals surface area contributed by atoms with E-state index >= 15 is 0 Å². The number of aryl methyl sites for hydroxylation is 2. The molecule has 2 aromatic rings. The van der Waals surface area contributed by atoms with Gasteiger partial charge in [-0.15, -0.1) is 0 Å². The normalized spacial score (nSPS) is 10.7. The third-order valence-corrected chi connectivity index (χ3v) is 3.81. The van der Waals surface area contributed by atoms with Gasteiger partial charge in [-0.2, -0.15) is 4.98 Å². The van der Waals surface area contributed by atoms with Crippen molar-refractivity contribution < 1.29 is 9.90 Å². The highest BCUT2D eigenvalue weighted by Gasteiger charge is 2.16. The van der Waals surface area contributed by atoms with E-state index < -0.39 is 5.97 Å². The molecule has 0 radical (unpaired) electrons. The molecule has 21 heavy (non-hydrogen) atoms. The number of carbonyl (C=O) groups is 1. The van der Waals surface area contributed by atoms with Crippen LogP contribution in [0.2, 0.25) is 0 Å². The second kappa shape index (κ2) is 5.52. The number of hydrogen-bond donors (Lipinski definition) is 1. The number of carboxylic acid groups (broad SMARTS) is 1. The zero-order valence-electron chi connectivity index (χ0n) is 12.6. The van der Waals surface area contributed by atoms with Crippen molar-refractivity contribution in [2.45, 2.75) is 34.1 Å². The highest BCUT2D eigenvalue weighted by atomic mass is 16.4. The molecular weight excluding hydrogens is 268 g/mol. The summed E-state index contributed by atoms with van der Waals surface area (Å²) in [6.07, 6.45) is -0.143. The third kappa shape index (κ3) is 2.72. The minimum Gasteiger partial charge on any atom is -0.481 e. The number of aromatic nitrogens is 2. The molecule has 0 spiro atoms. The molecule has 0 atom stereocenters. The van der Waals surface area contributed by atoms with E-state index in [2.05, 4.69) is 4.98 Å². The summed E-state index contributed by atoms with van der Waals surface area (Å²) < 4.78 is 1.49. The predicted molar refractivity (Wildman–Crippen MR) is 80.1 cm³/mol. The van der Waals surface area contributed by atoms with Gasteiger partial charge in [0.25, 0.3) is 0 Å². The highest BCUT2D eigenvalue weighted by Crippen LogP contribution is 2.20. The van der Waals surface area contributed by atoms with Crippen molar-refractivity contribution in [1.82, 2.24) is 9.55 Å². The maximum atomic E-state index is 12.3. The Bertz CT molecular complexity index is 776. The summed E-state index contributed by atoms with van der Waals surface area (Å²) in [5.74, 6) is -0.936. The molecule has 1 heterocycles. The zero-order valence-corrected chi connectivity index (χ0v) is 12.6. The average molecular weight is 286 g/mol. The lowest BCUT2D eigenvalue weighted by atomic mass is 10.1. The van der Waals surface area contributed by atoms with E-state index in [-0.39, 0.29) is 12.1 Å². The molecule has 0 unspecified atom stereocenters. The van der Waals surface area contributed by atoms with E-state index in [9.17, 15) is 9.59 Å². The SMILES string of the molecule is Cc1cccc(-n2c(C)c(CC(=O)O)c(C)nc2=O)c1C. The summed E-state index contributed by atoms with van der Waals surface area (Å²) >= 11 is 0. The molecule has 0 aliphatic rings. The number of nitrogens with zero attached hydrogens (tertiary/aromatic N) is 2. The number of hydrogen-bond acceptors (Lipinski definition) is 3. The summed E-state index contributed by atoms with van der Waals surface area (Å²) in [5, 5.41) is 9.03. The van der Waals surface area contributed by atoms with Gasteiger partial charge in [-0.25, -0.2) is 4.79 Å². The van der Waals surface area contributed by atoms with Gasteiger partial charge in [0, 0.05) is 17.0 Å². The summed E-state index contributed by atoms with van der Waals surface area (Å²) in [6, 6.07) is 5.69. The fourth-order valence-electron chi connectivity index (χ4n) is 2.47. The maximum absolute atomic E-state index is 12.3. The van der Waals surface area contributed by atoms with Crippen LogP contribution in [0, 0.1) is 27.7 Å². The molecular formula is C16H18N2O3. The molecule has 1 aromatic heterocycles. The lowest BCUT2D eigenvalue weighted by molar-refractivity contribution is -0.136. The summed E-state index contributed by atoms with van der Waals surface area (Å²) in [4.78, 5) is 27.3. The fraction of sp³-hybridized carbons (Fsp3) is 0.312. The van der Waals surface area contributed by atoms with E-state index in [1.165, 1.54) is 4.57 Å². The standard InChI is InChI=1S/C16H18N2O3/c1-9-6-5-7-14(10(9)2)18-12(4)13(8-15(19)20)11(3)17-16(18)21/h5-7H,8H2,1-4H3,(H,19,20). The van der Waals surface area contributed by atoms with E-state index in [1.54, 1.807) is 13.8 Å². The lowest BCUT2D eigenvalue weighted by Crippen LogP contribution is -2.27. The molecule has 5 nitrogen and oxygen atoms in total. The number of rotatable bonds is 3. The van der Waals surface area contributed by atoms with Crippen molar-refractivity contribution in [3.63, 3.8) is 0 Å². The van der Waals surface area contributed by atoms with Crippen molar-refractivity contribution in [1.29, 1.82) is 0 Å². The average Bonchev–Trinajstić information content (AvgIpc) is 2.39. The van der Waals surface area contributed by atoms with Crippen molar-refractivity contribution in [3.05, 3.63) is 56.8 Å². The Morgan fingerprint density at radius 3 is 2.52 bits per heavy atom. The Morgan fingerprint density at radius 1 is 1.24 bits per heavy atom. The van der Waals surface area contributed by atoms with Gasteiger partial charge < -0.3 is 5.11 Å². The quantitative estimate of drug-likeness (QED) is 0.937. The van der Waals surface area contributed by atoms with Gasteiger partial charge in [-0.1, -0.05) is 12.1 Å². The third-order valence-electron chi connectivity index (χ3n) is 3.81. The molecule has 0 aliphatic heterocycles. The van der Waals surface area contributed by atoms with Crippen LogP contribution in [0.15, 0.2) is 23.0 Å². The Labute approximate surface area is 122 Å². The van der Waals surface area contributed by atoms with Crippen molar-refractivity contribution in [3.8, 4) is 5.69 Å². The molecule has 1 aromatic carbocycles. The zero-order chi connectivity index (χ0) is 15.7. The van der Waals surface area contributed by atoms with Crippen LogP contribution < -0.4 is 5.69 Å². The van der Waals surface area contributed by atoms with Gasteiger partial charge in [0.05, 0.1) is 12.1 Å². The molecule has 0 amide bonds. The van der Waals surface area contributed by atoms with E-state index in [0.717, 1.165) is 16.8 Å². The van der Waals surface area contributed by atoms with Gasteiger partial charge in [0.15, 0.2) is 0 Å². The highest BCUT2D eigenvalue weighted by molar-refractivity contribution is 5.71. The second-order valence-electron chi connectivity index (χ2n) is 5.17. The van der Waals surface area contributed by atoms with Crippen LogP contribution in [-0.4, -0.2) is 20.6 Å². The van der Waals surface area contributed by atoms with Gasteiger partial charge in [0.2, 0.25) is 0 Å².